The summed E-state index contributed by atoms with van der Waals surface area (Å²) >= 11 is 0. The van der Waals surface area contributed by atoms with E-state index in [1.807, 2.05) is 89.8 Å². The number of nitrogens with zero attached hydrogens (tertiary/aromatic N) is 3. The quantitative estimate of drug-likeness (QED) is 0.179. The van der Waals surface area contributed by atoms with Gasteiger partial charge in [-0.2, -0.15) is 10.5 Å². The average molecular weight is 618 g/mol. The SMILES string of the molecule is N#Cc1cc(N(c2cc(-c3ccccc3)cc(-c3ccccc3)c2)c2cc(-c3ccccc3)cc(-c3ccccc3)c2)cc(C#N)c1F. The van der Waals surface area contributed by atoms with E-state index in [2.05, 4.69) is 84.9 Å². The van der Waals surface area contributed by atoms with Crippen molar-refractivity contribution in [3.8, 4) is 56.6 Å². The van der Waals surface area contributed by atoms with E-state index in [0.29, 0.717) is 5.69 Å². The second kappa shape index (κ2) is 13.3. The molecule has 0 amide bonds. The Labute approximate surface area is 279 Å². The maximum Gasteiger partial charge on any atom is 0.158 e. The minimum atomic E-state index is -0.824. The molecule has 7 rings (SSSR count). The molecule has 0 saturated carbocycles. The molecule has 7 aromatic rings. The Hall–Kier alpha value is -6.75. The summed E-state index contributed by atoms with van der Waals surface area (Å²) in [6.07, 6.45) is 0. The van der Waals surface area contributed by atoms with Crippen LogP contribution in [0.5, 0.6) is 0 Å². The predicted molar refractivity (Wildman–Crippen MR) is 192 cm³/mol. The first kappa shape index (κ1) is 29.9. The highest BCUT2D eigenvalue weighted by atomic mass is 19.1. The van der Waals surface area contributed by atoms with Gasteiger partial charge in [-0.15, -0.1) is 0 Å². The highest BCUT2D eigenvalue weighted by molar-refractivity contribution is 5.89. The zero-order valence-electron chi connectivity index (χ0n) is 25.9. The predicted octanol–water partition coefficient (Wildman–Crippen LogP) is 11.7. The van der Waals surface area contributed by atoms with Gasteiger partial charge in [0.25, 0.3) is 0 Å². The Balaban J connectivity index is 1.56. The van der Waals surface area contributed by atoms with Crippen LogP contribution in [0.2, 0.25) is 0 Å². The summed E-state index contributed by atoms with van der Waals surface area (Å²) in [5.74, 6) is -0.824. The molecule has 48 heavy (non-hydrogen) atoms. The summed E-state index contributed by atoms with van der Waals surface area (Å²) in [5.41, 5.74) is 9.79. The van der Waals surface area contributed by atoms with Gasteiger partial charge in [-0.05, 0) is 93.0 Å². The van der Waals surface area contributed by atoms with E-state index in [1.54, 1.807) is 0 Å². The van der Waals surface area contributed by atoms with Gasteiger partial charge < -0.3 is 4.90 Å². The number of nitriles is 2. The van der Waals surface area contributed by atoms with Gasteiger partial charge in [0.05, 0.1) is 11.1 Å². The van der Waals surface area contributed by atoms with Crippen molar-refractivity contribution in [2.24, 2.45) is 0 Å². The van der Waals surface area contributed by atoms with Gasteiger partial charge >= 0.3 is 0 Å². The molecule has 0 aliphatic carbocycles. The van der Waals surface area contributed by atoms with Crippen molar-refractivity contribution in [3.05, 3.63) is 187 Å². The minimum absolute atomic E-state index is 0.195. The molecular weight excluding hydrogens is 590 g/mol. The van der Waals surface area contributed by atoms with Crippen LogP contribution in [0, 0.1) is 28.5 Å². The molecule has 0 saturated heterocycles. The van der Waals surface area contributed by atoms with Gasteiger partial charge in [-0.3, -0.25) is 0 Å². The molecule has 0 aliphatic heterocycles. The van der Waals surface area contributed by atoms with E-state index in [1.165, 1.54) is 12.1 Å². The molecule has 7 aromatic carbocycles. The van der Waals surface area contributed by atoms with Gasteiger partial charge in [0, 0.05) is 17.1 Å². The fourth-order valence-corrected chi connectivity index (χ4v) is 6.02. The number of benzene rings is 7. The molecule has 0 aromatic heterocycles. The largest absolute Gasteiger partial charge is 0.310 e. The summed E-state index contributed by atoms with van der Waals surface area (Å²) in [4.78, 5) is 2.01. The van der Waals surface area contributed by atoms with E-state index in [0.717, 1.165) is 55.9 Å². The lowest BCUT2D eigenvalue weighted by molar-refractivity contribution is 0.620. The van der Waals surface area contributed by atoms with Crippen LogP contribution in [-0.2, 0) is 0 Å². The van der Waals surface area contributed by atoms with Gasteiger partial charge in [0.1, 0.15) is 12.1 Å². The normalized spacial score (nSPS) is 10.6. The monoisotopic (exact) mass is 617 g/mol. The first-order valence-corrected chi connectivity index (χ1v) is 15.6. The third kappa shape index (κ3) is 6.07. The van der Waals surface area contributed by atoms with Crippen LogP contribution >= 0.6 is 0 Å². The second-order valence-corrected chi connectivity index (χ2v) is 11.4. The lowest BCUT2D eigenvalue weighted by Gasteiger charge is -2.28. The highest BCUT2D eigenvalue weighted by Gasteiger charge is 2.21. The molecule has 0 heterocycles. The Kier molecular flexibility index (Phi) is 8.30. The van der Waals surface area contributed by atoms with Crippen LogP contribution in [0.4, 0.5) is 21.5 Å². The number of halogens is 1. The van der Waals surface area contributed by atoms with Crippen molar-refractivity contribution >= 4 is 17.1 Å². The van der Waals surface area contributed by atoms with Gasteiger partial charge in [0.2, 0.25) is 0 Å². The van der Waals surface area contributed by atoms with E-state index in [4.69, 9.17) is 0 Å². The van der Waals surface area contributed by atoms with E-state index in [9.17, 15) is 10.5 Å². The molecule has 3 nitrogen and oxygen atoms in total. The van der Waals surface area contributed by atoms with E-state index in [-0.39, 0.29) is 11.1 Å². The fraction of sp³-hybridized carbons (Fsp3) is 0. The Morgan fingerprint density at radius 2 is 0.625 bits per heavy atom. The molecule has 4 heteroatoms. The Bertz CT molecular complexity index is 2030. The molecule has 0 unspecified atom stereocenters. The average Bonchev–Trinajstić information content (AvgIpc) is 3.16. The van der Waals surface area contributed by atoms with E-state index < -0.39 is 5.82 Å². The third-order valence-electron chi connectivity index (χ3n) is 8.34. The maximum absolute atomic E-state index is 15.2. The van der Waals surface area contributed by atoms with Crippen LogP contribution in [0.25, 0.3) is 44.5 Å². The van der Waals surface area contributed by atoms with Crippen molar-refractivity contribution < 1.29 is 4.39 Å². The minimum Gasteiger partial charge on any atom is -0.310 e. The Morgan fingerprint density at radius 1 is 0.354 bits per heavy atom. The number of rotatable bonds is 7. The molecule has 0 atom stereocenters. The van der Waals surface area contributed by atoms with Crippen molar-refractivity contribution in [2.45, 2.75) is 0 Å². The molecule has 226 valence electrons. The Morgan fingerprint density at radius 3 is 0.896 bits per heavy atom. The zero-order chi connectivity index (χ0) is 32.9. The summed E-state index contributed by atoms with van der Waals surface area (Å²) in [5, 5.41) is 19.9. The van der Waals surface area contributed by atoms with Crippen LogP contribution in [0.15, 0.2) is 170 Å². The standard InChI is InChI=1S/C44H28FN3/c45-44-39(29-46)27-43(28-40(44)30-47)48(41-23-35(31-13-5-1-6-14-31)21-36(24-41)32-15-7-2-8-16-32)42-25-37(33-17-9-3-10-18-33)22-38(26-42)34-19-11-4-12-20-34/h1-28H. The van der Waals surface area contributed by atoms with Crippen molar-refractivity contribution in [1.29, 1.82) is 10.5 Å². The molecular formula is C44H28FN3. The smallest absolute Gasteiger partial charge is 0.158 e. The second-order valence-electron chi connectivity index (χ2n) is 11.4. The zero-order valence-corrected chi connectivity index (χ0v) is 25.9. The van der Waals surface area contributed by atoms with Crippen LogP contribution < -0.4 is 4.90 Å². The topological polar surface area (TPSA) is 50.8 Å². The molecule has 0 bridgehead atoms. The number of hydrogen-bond acceptors (Lipinski definition) is 3. The first-order chi connectivity index (χ1) is 23.6. The molecule has 0 radical (unpaired) electrons. The molecule has 0 N–H and O–H groups in total. The van der Waals surface area contributed by atoms with Crippen LogP contribution in [-0.4, -0.2) is 0 Å². The van der Waals surface area contributed by atoms with Crippen LogP contribution in [0.3, 0.4) is 0 Å². The molecule has 0 spiro atoms. The maximum atomic E-state index is 15.2. The summed E-state index contributed by atoms with van der Waals surface area (Å²) in [6.45, 7) is 0. The summed E-state index contributed by atoms with van der Waals surface area (Å²) < 4.78 is 15.2. The molecule has 0 fully saturated rings. The molecule has 0 aliphatic rings. The van der Waals surface area contributed by atoms with Crippen LogP contribution in [0.1, 0.15) is 11.1 Å². The summed E-state index contributed by atoms with van der Waals surface area (Å²) in [7, 11) is 0. The van der Waals surface area contributed by atoms with Crippen molar-refractivity contribution in [3.63, 3.8) is 0 Å². The number of hydrogen-bond donors (Lipinski definition) is 0. The fourth-order valence-electron chi connectivity index (χ4n) is 6.02. The number of anilines is 3. The first-order valence-electron chi connectivity index (χ1n) is 15.6. The van der Waals surface area contributed by atoms with Crippen molar-refractivity contribution in [1.82, 2.24) is 0 Å². The third-order valence-corrected chi connectivity index (χ3v) is 8.34. The highest BCUT2D eigenvalue weighted by Crippen LogP contribution is 2.43. The van der Waals surface area contributed by atoms with Gasteiger partial charge in [-0.25, -0.2) is 4.39 Å². The lowest BCUT2D eigenvalue weighted by Crippen LogP contribution is -2.12. The summed E-state index contributed by atoms with van der Waals surface area (Å²) in [6, 6.07) is 60.3. The van der Waals surface area contributed by atoms with Gasteiger partial charge in [0.15, 0.2) is 5.82 Å². The van der Waals surface area contributed by atoms with Gasteiger partial charge in [-0.1, -0.05) is 121 Å². The van der Waals surface area contributed by atoms with E-state index >= 15 is 4.39 Å². The van der Waals surface area contributed by atoms with Crippen molar-refractivity contribution in [2.75, 3.05) is 4.90 Å². The lowest BCUT2D eigenvalue weighted by atomic mass is 9.95.